The lowest BCUT2D eigenvalue weighted by Crippen LogP contribution is -2.03. The van der Waals surface area contributed by atoms with E-state index in [-0.39, 0.29) is 0 Å². The van der Waals surface area contributed by atoms with E-state index in [1.807, 2.05) is 55.4 Å². The molecular formula is C50H76. The van der Waals surface area contributed by atoms with Crippen LogP contribution < -0.4 is 0 Å². The summed E-state index contributed by atoms with van der Waals surface area (Å²) in [6.07, 6.45) is 18.7. The van der Waals surface area contributed by atoms with Crippen LogP contribution in [0.2, 0.25) is 0 Å². The first kappa shape index (κ1) is 44.9. The van der Waals surface area contributed by atoms with Gasteiger partial charge in [-0.1, -0.05) is 139 Å². The van der Waals surface area contributed by atoms with Crippen LogP contribution >= 0.6 is 0 Å². The lowest BCUT2D eigenvalue weighted by Gasteiger charge is -2.17. The molecule has 0 aromatic heterocycles. The Morgan fingerprint density at radius 1 is 0.300 bits per heavy atom. The van der Waals surface area contributed by atoms with E-state index in [0.29, 0.717) is 0 Å². The molecule has 4 aliphatic rings. The van der Waals surface area contributed by atoms with Crippen LogP contribution in [-0.4, -0.2) is 0 Å². The Bertz CT molecular complexity index is 1470. The second-order valence-electron chi connectivity index (χ2n) is 13.1. The van der Waals surface area contributed by atoms with E-state index in [2.05, 4.69) is 100 Å². The molecule has 0 spiro atoms. The molecule has 0 amide bonds. The normalized spacial score (nSPS) is 13.7. The summed E-state index contributed by atoms with van der Waals surface area (Å²) >= 11 is 0. The molecule has 50 heavy (non-hydrogen) atoms. The van der Waals surface area contributed by atoms with Crippen molar-refractivity contribution in [2.75, 3.05) is 0 Å². The van der Waals surface area contributed by atoms with Gasteiger partial charge in [-0.2, -0.15) is 0 Å². The van der Waals surface area contributed by atoms with E-state index in [1.165, 1.54) is 112 Å². The molecule has 4 aliphatic carbocycles. The second-order valence-corrected chi connectivity index (χ2v) is 13.1. The Labute approximate surface area is 311 Å². The number of benzene rings is 4. The van der Waals surface area contributed by atoms with Crippen molar-refractivity contribution in [1.29, 1.82) is 0 Å². The predicted molar refractivity (Wildman–Crippen MR) is 227 cm³/mol. The summed E-state index contributed by atoms with van der Waals surface area (Å²) in [5, 5.41) is 0. The van der Waals surface area contributed by atoms with E-state index in [1.54, 1.807) is 44.5 Å². The molecule has 0 saturated carbocycles. The molecule has 0 atom stereocenters. The molecule has 0 aliphatic heterocycles. The van der Waals surface area contributed by atoms with Crippen LogP contribution in [0.3, 0.4) is 0 Å². The molecule has 0 radical (unpaired) electrons. The summed E-state index contributed by atoms with van der Waals surface area (Å²) in [6.45, 7) is 24.8. The minimum Gasteiger partial charge on any atom is -0.0683 e. The van der Waals surface area contributed by atoms with E-state index < -0.39 is 0 Å². The van der Waals surface area contributed by atoms with Crippen LogP contribution in [0.4, 0.5) is 0 Å². The molecule has 0 unspecified atom stereocenters. The number of hydrogen-bond acceptors (Lipinski definition) is 0. The van der Waals surface area contributed by atoms with E-state index in [9.17, 15) is 0 Å². The maximum Gasteiger partial charge on any atom is -0.0270 e. The molecule has 8 rings (SSSR count). The highest BCUT2D eigenvalue weighted by Crippen LogP contribution is 2.25. The zero-order valence-corrected chi connectivity index (χ0v) is 34.8. The van der Waals surface area contributed by atoms with Crippen LogP contribution in [0, 0.1) is 27.7 Å². The molecule has 4 aromatic rings. The number of fused-ring (bicyclic) bond motifs is 4. The van der Waals surface area contributed by atoms with Gasteiger partial charge in [0, 0.05) is 0 Å². The molecule has 0 heterocycles. The highest BCUT2D eigenvalue weighted by atomic mass is 14.2. The molecule has 0 heteroatoms. The number of rotatable bonds is 0. The minimum absolute atomic E-state index is 1.30. The Hall–Kier alpha value is -3.12. The van der Waals surface area contributed by atoms with Crippen molar-refractivity contribution in [2.45, 2.75) is 173 Å². The first-order valence-corrected chi connectivity index (χ1v) is 20.8. The molecule has 0 bridgehead atoms. The summed E-state index contributed by atoms with van der Waals surface area (Å²) in [7, 11) is 0. The Morgan fingerprint density at radius 2 is 0.620 bits per heavy atom. The van der Waals surface area contributed by atoms with Gasteiger partial charge in [0.1, 0.15) is 0 Å². The molecule has 0 nitrogen and oxygen atoms in total. The molecule has 0 saturated heterocycles. The third-order valence-corrected chi connectivity index (χ3v) is 9.77. The van der Waals surface area contributed by atoms with Crippen molar-refractivity contribution in [1.82, 2.24) is 0 Å². The maximum absolute atomic E-state index is 2.34. The van der Waals surface area contributed by atoms with Gasteiger partial charge in [-0.3, -0.25) is 0 Å². The highest BCUT2D eigenvalue weighted by molar-refractivity contribution is 5.38. The van der Waals surface area contributed by atoms with Gasteiger partial charge < -0.3 is 0 Å². The molecule has 4 aromatic carbocycles. The van der Waals surface area contributed by atoms with Crippen LogP contribution in [0.5, 0.6) is 0 Å². The smallest absolute Gasteiger partial charge is 0.0270 e. The summed E-state index contributed by atoms with van der Waals surface area (Å²) in [5.74, 6) is 0. The second kappa shape index (κ2) is 26.7. The third kappa shape index (κ3) is 14.6. The first-order chi connectivity index (χ1) is 24.5. The van der Waals surface area contributed by atoms with Gasteiger partial charge in [0.25, 0.3) is 0 Å². The summed E-state index contributed by atoms with van der Waals surface area (Å²) < 4.78 is 0. The monoisotopic (exact) mass is 677 g/mol. The van der Waals surface area contributed by atoms with Crippen molar-refractivity contribution in [2.24, 2.45) is 0 Å². The average Bonchev–Trinajstić information content (AvgIpc) is 3.87. The van der Waals surface area contributed by atoms with E-state index in [4.69, 9.17) is 0 Å². The van der Waals surface area contributed by atoms with Crippen LogP contribution in [0.15, 0.2) is 72.8 Å². The van der Waals surface area contributed by atoms with Crippen LogP contribution in [-0.2, 0) is 51.4 Å². The van der Waals surface area contributed by atoms with Crippen molar-refractivity contribution >= 4 is 0 Å². The molecule has 0 N–H and O–H groups in total. The lowest BCUT2D eigenvalue weighted by atomic mass is 9.89. The Kier molecular flexibility index (Phi) is 23.9. The number of hydrogen-bond donors (Lipinski definition) is 0. The lowest BCUT2D eigenvalue weighted by molar-refractivity contribution is 0.682. The number of aryl methyl sites for hydroxylation is 10. The predicted octanol–water partition coefficient (Wildman–Crippen LogP) is 14.8. The fraction of sp³-hybridized carbons (Fsp3) is 0.520. The van der Waals surface area contributed by atoms with E-state index in [0.717, 1.165) is 0 Å². The van der Waals surface area contributed by atoms with Gasteiger partial charge in [-0.05, 0) is 173 Å². The van der Waals surface area contributed by atoms with Crippen molar-refractivity contribution in [3.8, 4) is 0 Å². The van der Waals surface area contributed by atoms with Gasteiger partial charge in [0.05, 0.1) is 0 Å². The average molecular weight is 677 g/mol. The molecule has 0 fully saturated rings. The van der Waals surface area contributed by atoms with Crippen molar-refractivity contribution in [3.05, 3.63) is 140 Å². The Morgan fingerprint density at radius 3 is 1.08 bits per heavy atom. The summed E-state index contributed by atoms with van der Waals surface area (Å²) in [6, 6.07) is 27.0. The van der Waals surface area contributed by atoms with E-state index >= 15 is 0 Å². The highest BCUT2D eigenvalue weighted by Gasteiger charge is 2.12. The maximum atomic E-state index is 2.34. The first-order valence-electron chi connectivity index (χ1n) is 20.8. The van der Waals surface area contributed by atoms with Gasteiger partial charge >= 0.3 is 0 Å². The zero-order chi connectivity index (χ0) is 37.3. The van der Waals surface area contributed by atoms with Crippen LogP contribution in [0.1, 0.15) is 161 Å². The van der Waals surface area contributed by atoms with Gasteiger partial charge in [0.15, 0.2) is 0 Å². The Balaban J connectivity index is 0.000000312. The molecule has 276 valence electrons. The third-order valence-electron chi connectivity index (χ3n) is 9.77. The standard InChI is InChI=1S/2C11H14.2C10H12.4C2H6/c1-9-5-4-7-10-6-2-3-8-11(9)10;1-9-6-7-10-4-2-3-5-11(10)8-9;1-8-4-2-5-9-6-3-7-10(8)9;1-8-5-6-9-3-2-4-10(9)7-8;4*1-2/h4-5,7H,2-3,6,8H2,1H3;6-8H,2-5H2,1H3;2,4-5H,3,6-7H2,1H3;5-7H,2-4H2,1H3;4*1-2H3. The fourth-order valence-corrected chi connectivity index (χ4v) is 7.35. The summed E-state index contributed by atoms with van der Waals surface area (Å²) in [5.41, 5.74) is 18.5. The quantitative estimate of drug-likeness (QED) is 0.174. The van der Waals surface area contributed by atoms with Gasteiger partial charge in [0.2, 0.25) is 0 Å². The molecular weight excluding hydrogens is 601 g/mol. The largest absolute Gasteiger partial charge is 0.0683 e. The zero-order valence-electron chi connectivity index (χ0n) is 34.8. The van der Waals surface area contributed by atoms with Crippen LogP contribution in [0.25, 0.3) is 0 Å². The van der Waals surface area contributed by atoms with Crippen molar-refractivity contribution in [3.63, 3.8) is 0 Å². The SMILES string of the molecule is CC.CC.CC.CC.Cc1ccc2c(c1)CCC2.Cc1ccc2c(c1)CCCC2.Cc1cccc2c1CCC2.Cc1cccc2c1CCCC2. The van der Waals surface area contributed by atoms with Crippen molar-refractivity contribution < 1.29 is 0 Å². The topological polar surface area (TPSA) is 0 Å². The summed E-state index contributed by atoms with van der Waals surface area (Å²) in [4.78, 5) is 0. The van der Waals surface area contributed by atoms with Gasteiger partial charge in [-0.25, -0.2) is 0 Å². The van der Waals surface area contributed by atoms with Gasteiger partial charge in [-0.15, -0.1) is 0 Å². The fourth-order valence-electron chi connectivity index (χ4n) is 7.35. The minimum atomic E-state index is 1.30.